The molecule has 72 valence electrons. The summed E-state index contributed by atoms with van der Waals surface area (Å²) in [5.41, 5.74) is 0.699. The summed E-state index contributed by atoms with van der Waals surface area (Å²) >= 11 is 0. The summed E-state index contributed by atoms with van der Waals surface area (Å²) in [4.78, 5) is 0. The zero-order chi connectivity index (χ0) is 9.35. The summed E-state index contributed by atoms with van der Waals surface area (Å²) in [7, 11) is 0. The normalized spacial score (nSPS) is 40.5. The molecule has 0 aliphatic heterocycles. The van der Waals surface area contributed by atoms with E-state index in [0.717, 1.165) is 17.8 Å². The second-order valence-corrected chi connectivity index (χ2v) is 5.29. The van der Waals surface area contributed by atoms with Crippen LogP contribution < -0.4 is 0 Å². The Morgan fingerprint density at radius 3 is 2.33 bits per heavy atom. The lowest BCUT2D eigenvalue weighted by Gasteiger charge is -2.14. The predicted octanol–water partition coefficient (Wildman–Crippen LogP) is 4.10. The zero-order valence-corrected chi connectivity index (χ0v) is 9.35. The molecular formula is C12H24. The molecule has 0 aromatic heterocycles. The highest BCUT2D eigenvalue weighted by molar-refractivity contribution is 5.05. The summed E-state index contributed by atoms with van der Waals surface area (Å²) in [6, 6.07) is 0. The summed E-state index contributed by atoms with van der Waals surface area (Å²) in [5.74, 6) is 2.89. The van der Waals surface area contributed by atoms with Gasteiger partial charge in [0.1, 0.15) is 0 Å². The van der Waals surface area contributed by atoms with E-state index >= 15 is 0 Å². The highest BCUT2D eigenvalue weighted by Crippen LogP contribution is 2.63. The van der Waals surface area contributed by atoms with Crippen molar-refractivity contribution in [3.8, 4) is 0 Å². The third kappa shape index (κ3) is 1.67. The molecule has 0 saturated heterocycles. The second-order valence-electron chi connectivity index (χ2n) is 5.29. The van der Waals surface area contributed by atoms with Crippen molar-refractivity contribution < 1.29 is 0 Å². The van der Waals surface area contributed by atoms with Crippen LogP contribution in [0.25, 0.3) is 0 Å². The highest BCUT2D eigenvalue weighted by Gasteiger charge is 2.56. The van der Waals surface area contributed by atoms with Crippen LogP contribution in [0.3, 0.4) is 0 Å². The van der Waals surface area contributed by atoms with Gasteiger partial charge in [0, 0.05) is 0 Å². The van der Waals surface area contributed by atoms with Gasteiger partial charge in [-0.1, -0.05) is 41.0 Å². The highest BCUT2D eigenvalue weighted by atomic mass is 14.6. The van der Waals surface area contributed by atoms with Crippen LogP contribution in [0.1, 0.15) is 53.9 Å². The lowest BCUT2D eigenvalue weighted by atomic mass is 9.92. The molecule has 0 aromatic carbocycles. The van der Waals surface area contributed by atoms with Gasteiger partial charge in [0.2, 0.25) is 0 Å². The fourth-order valence-electron chi connectivity index (χ4n) is 3.02. The maximum atomic E-state index is 2.48. The van der Waals surface area contributed by atoms with Gasteiger partial charge in [-0.15, -0.1) is 0 Å². The Morgan fingerprint density at radius 1 is 1.33 bits per heavy atom. The Kier molecular flexibility index (Phi) is 2.85. The van der Waals surface area contributed by atoms with E-state index in [1.54, 1.807) is 0 Å². The minimum Gasteiger partial charge on any atom is -0.0654 e. The van der Waals surface area contributed by atoms with E-state index in [2.05, 4.69) is 34.6 Å². The lowest BCUT2D eigenvalue weighted by molar-refractivity contribution is 0.367. The Bertz CT molecular complexity index is 148. The molecule has 12 heavy (non-hydrogen) atoms. The Hall–Kier alpha value is 0. The van der Waals surface area contributed by atoms with Crippen LogP contribution in [0.2, 0.25) is 0 Å². The molecule has 0 N–H and O–H groups in total. The molecular weight excluding hydrogens is 144 g/mol. The van der Waals surface area contributed by atoms with Gasteiger partial charge in [0.05, 0.1) is 0 Å². The average molecular weight is 168 g/mol. The Balaban J connectivity index is 2.42. The number of rotatable bonds is 4. The summed E-state index contributed by atoms with van der Waals surface area (Å²) in [5, 5.41) is 0. The molecule has 1 aliphatic carbocycles. The summed E-state index contributed by atoms with van der Waals surface area (Å²) in [6.45, 7) is 11.9. The van der Waals surface area contributed by atoms with E-state index in [4.69, 9.17) is 0 Å². The third-order valence-electron chi connectivity index (χ3n) is 3.83. The number of hydrogen-bond donors (Lipinski definition) is 0. The van der Waals surface area contributed by atoms with Crippen molar-refractivity contribution in [2.75, 3.05) is 0 Å². The first-order chi connectivity index (χ1) is 5.52. The summed E-state index contributed by atoms with van der Waals surface area (Å²) < 4.78 is 0. The van der Waals surface area contributed by atoms with Crippen LogP contribution in [0.15, 0.2) is 0 Å². The molecule has 1 saturated carbocycles. The van der Waals surface area contributed by atoms with Crippen molar-refractivity contribution in [1.29, 1.82) is 0 Å². The van der Waals surface area contributed by atoms with Crippen LogP contribution >= 0.6 is 0 Å². The smallest absolute Gasteiger partial charge is 0.0264 e. The van der Waals surface area contributed by atoms with E-state index in [1.165, 1.54) is 19.3 Å². The molecule has 0 aromatic rings. The first-order valence-electron chi connectivity index (χ1n) is 5.52. The molecule has 0 heterocycles. The predicted molar refractivity (Wildman–Crippen MR) is 55.1 cm³/mol. The van der Waals surface area contributed by atoms with Crippen molar-refractivity contribution in [2.24, 2.45) is 23.2 Å². The second kappa shape index (κ2) is 3.40. The molecule has 0 nitrogen and oxygen atoms in total. The lowest BCUT2D eigenvalue weighted by Crippen LogP contribution is -2.04. The molecule has 0 radical (unpaired) electrons. The van der Waals surface area contributed by atoms with Crippen molar-refractivity contribution in [3.63, 3.8) is 0 Å². The minimum absolute atomic E-state index is 0.699. The van der Waals surface area contributed by atoms with Crippen LogP contribution in [0.4, 0.5) is 0 Å². The monoisotopic (exact) mass is 168 g/mol. The minimum atomic E-state index is 0.699. The third-order valence-corrected chi connectivity index (χ3v) is 3.83. The van der Waals surface area contributed by atoms with Gasteiger partial charge in [-0.25, -0.2) is 0 Å². The molecule has 3 atom stereocenters. The molecule has 3 unspecified atom stereocenters. The van der Waals surface area contributed by atoms with Crippen molar-refractivity contribution in [2.45, 2.75) is 53.9 Å². The maximum Gasteiger partial charge on any atom is -0.0264 e. The quantitative estimate of drug-likeness (QED) is 0.592. The topological polar surface area (TPSA) is 0 Å². The molecule has 0 amide bonds. The van der Waals surface area contributed by atoms with Gasteiger partial charge < -0.3 is 0 Å². The largest absolute Gasteiger partial charge is 0.0654 e. The molecule has 1 fully saturated rings. The van der Waals surface area contributed by atoms with Gasteiger partial charge in [-0.2, -0.15) is 0 Å². The van der Waals surface area contributed by atoms with Gasteiger partial charge in [-0.05, 0) is 36.0 Å². The Morgan fingerprint density at radius 2 is 1.92 bits per heavy atom. The van der Waals surface area contributed by atoms with Gasteiger partial charge >= 0.3 is 0 Å². The molecule has 0 bridgehead atoms. The zero-order valence-electron chi connectivity index (χ0n) is 9.35. The van der Waals surface area contributed by atoms with Crippen LogP contribution in [-0.2, 0) is 0 Å². The van der Waals surface area contributed by atoms with Crippen LogP contribution in [-0.4, -0.2) is 0 Å². The standard InChI is InChI=1S/C12H24/c1-6-7-11-10(4)12(11,5)8-9(2)3/h9-11H,6-8H2,1-5H3. The average Bonchev–Trinajstić information content (AvgIpc) is 2.40. The van der Waals surface area contributed by atoms with E-state index in [-0.39, 0.29) is 0 Å². The summed E-state index contributed by atoms with van der Waals surface area (Å²) in [6.07, 6.45) is 4.24. The molecule has 1 aliphatic rings. The Labute approximate surface area is 77.7 Å². The van der Waals surface area contributed by atoms with Crippen LogP contribution in [0.5, 0.6) is 0 Å². The number of hydrogen-bond acceptors (Lipinski definition) is 0. The van der Waals surface area contributed by atoms with Gasteiger partial charge in [-0.3, -0.25) is 0 Å². The van der Waals surface area contributed by atoms with Crippen molar-refractivity contribution in [3.05, 3.63) is 0 Å². The molecule has 0 heteroatoms. The van der Waals surface area contributed by atoms with E-state index in [1.807, 2.05) is 0 Å². The van der Waals surface area contributed by atoms with Gasteiger partial charge in [0.15, 0.2) is 0 Å². The first kappa shape index (κ1) is 10.1. The fraction of sp³-hybridized carbons (Fsp3) is 1.00. The fourth-order valence-corrected chi connectivity index (χ4v) is 3.02. The van der Waals surface area contributed by atoms with Crippen molar-refractivity contribution >= 4 is 0 Å². The SMILES string of the molecule is CCCC1C(C)C1(C)CC(C)C. The first-order valence-corrected chi connectivity index (χ1v) is 5.52. The molecule has 0 spiro atoms. The molecule has 1 rings (SSSR count). The van der Waals surface area contributed by atoms with E-state index < -0.39 is 0 Å². The van der Waals surface area contributed by atoms with Gasteiger partial charge in [0.25, 0.3) is 0 Å². The van der Waals surface area contributed by atoms with Crippen LogP contribution in [0, 0.1) is 23.2 Å². The maximum absolute atomic E-state index is 2.48. The van der Waals surface area contributed by atoms with E-state index in [9.17, 15) is 0 Å². The van der Waals surface area contributed by atoms with Crippen molar-refractivity contribution in [1.82, 2.24) is 0 Å². The van der Waals surface area contributed by atoms with E-state index in [0.29, 0.717) is 5.41 Å².